The monoisotopic (exact) mass is 619 g/mol. The van der Waals surface area contributed by atoms with Crippen molar-refractivity contribution in [2.75, 3.05) is 24.2 Å². The van der Waals surface area contributed by atoms with E-state index < -0.39 is 28.5 Å². The van der Waals surface area contributed by atoms with Gasteiger partial charge in [-0.25, -0.2) is 8.42 Å². The van der Waals surface area contributed by atoms with Crippen LogP contribution in [0.25, 0.3) is 0 Å². The van der Waals surface area contributed by atoms with Crippen molar-refractivity contribution in [3.8, 4) is 5.75 Å². The molecule has 41 heavy (non-hydrogen) atoms. The highest BCUT2D eigenvalue weighted by Gasteiger charge is 2.34. The number of nitrogens with zero attached hydrogens (tertiary/aromatic N) is 2. The number of benzene rings is 3. The Hall–Kier alpha value is -3.27. The normalized spacial score (nSPS) is 12.7. The number of hydrogen-bond acceptors (Lipinski definition) is 5. The fraction of sp³-hybridized carbons (Fsp3) is 0.333. The Morgan fingerprint density at radius 2 is 1.66 bits per heavy atom. The third-order valence-electron chi connectivity index (χ3n) is 6.62. The van der Waals surface area contributed by atoms with E-state index in [-0.39, 0.29) is 40.6 Å². The smallest absolute Gasteiger partial charge is 0.244 e. The molecule has 11 heteroatoms. The van der Waals surface area contributed by atoms with Gasteiger partial charge in [0.1, 0.15) is 18.3 Å². The number of nitrogens with one attached hydrogen (secondary N) is 1. The molecule has 0 saturated heterocycles. The van der Waals surface area contributed by atoms with Crippen LogP contribution in [0.2, 0.25) is 10.0 Å². The molecule has 0 radical (unpaired) electrons. The molecule has 0 aliphatic rings. The van der Waals surface area contributed by atoms with E-state index in [0.717, 1.165) is 16.1 Å². The summed E-state index contributed by atoms with van der Waals surface area (Å²) < 4.78 is 32.1. The number of carbonyl (C=O) groups excluding carboxylic acids is 2. The molecule has 0 aromatic heterocycles. The van der Waals surface area contributed by atoms with Gasteiger partial charge in [-0.3, -0.25) is 13.9 Å². The molecular weight excluding hydrogens is 585 g/mol. The number of amides is 2. The summed E-state index contributed by atoms with van der Waals surface area (Å²) >= 11 is 12.5. The van der Waals surface area contributed by atoms with Gasteiger partial charge in [-0.2, -0.15) is 0 Å². The standard InChI is InChI=1S/C30H35Cl2N3O5S/c1-5-21(2)33-30(37)28(17-22-10-7-6-8-11-22)34(19-23-12-9-13-25(16-23)40-3)29(36)20-35(41(4,38)39)27-18-24(31)14-15-26(27)32/h6-16,18,21,28H,5,17,19-20H2,1-4H3,(H,33,37)/t21-,28-/m0/s1. The van der Waals surface area contributed by atoms with Crippen LogP contribution in [0.1, 0.15) is 31.4 Å². The summed E-state index contributed by atoms with van der Waals surface area (Å²) in [6.07, 6.45) is 1.90. The molecule has 0 heterocycles. The van der Waals surface area contributed by atoms with Gasteiger partial charge < -0.3 is 15.0 Å². The molecule has 0 aliphatic carbocycles. The van der Waals surface area contributed by atoms with Crippen LogP contribution in [0.5, 0.6) is 5.75 Å². The van der Waals surface area contributed by atoms with E-state index in [2.05, 4.69) is 5.32 Å². The largest absolute Gasteiger partial charge is 0.497 e. The number of rotatable bonds is 13. The summed E-state index contributed by atoms with van der Waals surface area (Å²) in [7, 11) is -2.43. The molecule has 3 aromatic carbocycles. The van der Waals surface area contributed by atoms with Gasteiger partial charge in [0.05, 0.1) is 24.1 Å². The molecule has 3 rings (SSSR count). The average Bonchev–Trinajstić information content (AvgIpc) is 2.94. The highest BCUT2D eigenvalue weighted by atomic mass is 35.5. The van der Waals surface area contributed by atoms with Crippen LogP contribution in [0.4, 0.5) is 5.69 Å². The zero-order valence-corrected chi connectivity index (χ0v) is 25.8. The molecular formula is C30H35Cl2N3O5S. The topological polar surface area (TPSA) is 96.0 Å². The predicted molar refractivity (Wildman–Crippen MR) is 164 cm³/mol. The van der Waals surface area contributed by atoms with E-state index in [1.165, 1.54) is 23.1 Å². The Bertz CT molecular complexity index is 1450. The van der Waals surface area contributed by atoms with Crippen LogP contribution in [-0.4, -0.2) is 57.1 Å². The van der Waals surface area contributed by atoms with E-state index in [4.69, 9.17) is 27.9 Å². The Balaban J connectivity index is 2.10. The molecule has 8 nitrogen and oxygen atoms in total. The summed E-state index contributed by atoms with van der Waals surface area (Å²) in [5, 5.41) is 3.37. The molecule has 2 amide bonds. The highest BCUT2D eigenvalue weighted by molar-refractivity contribution is 7.92. The lowest BCUT2D eigenvalue weighted by molar-refractivity contribution is -0.140. The molecule has 0 bridgehead atoms. The first-order valence-corrected chi connectivity index (χ1v) is 15.7. The number of carbonyl (C=O) groups is 2. The zero-order valence-electron chi connectivity index (χ0n) is 23.5. The van der Waals surface area contributed by atoms with Crippen molar-refractivity contribution < 1.29 is 22.7 Å². The first kappa shape index (κ1) is 32.2. The lowest BCUT2D eigenvalue weighted by Crippen LogP contribution is -2.54. The van der Waals surface area contributed by atoms with Crippen molar-refractivity contribution in [3.05, 3.63) is 94.0 Å². The maximum atomic E-state index is 14.2. The number of halogens is 2. The van der Waals surface area contributed by atoms with Crippen LogP contribution in [0.15, 0.2) is 72.8 Å². The van der Waals surface area contributed by atoms with Crippen molar-refractivity contribution in [3.63, 3.8) is 0 Å². The molecule has 0 fully saturated rings. The van der Waals surface area contributed by atoms with E-state index >= 15 is 0 Å². The van der Waals surface area contributed by atoms with Crippen molar-refractivity contribution in [1.82, 2.24) is 10.2 Å². The SMILES string of the molecule is CC[C@H](C)NC(=O)[C@H](Cc1ccccc1)N(Cc1cccc(OC)c1)C(=O)CN(c1cc(Cl)ccc1Cl)S(C)(=O)=O. The summed E-state index contributed by atoms with van der Waals surface area (Å²) in [6.45, 7) is 3.28. The summed E-state index contributed by atoms with van der Waals surface area (Å²) in [5.74, 6) is -0.345. The first-order chi connectivity index (χ1) is 19.4. The van der Waals surface area contributed by atoms with Gasteiger partial charge in [0.25, 0.3) is 0 Å². The predicted octanol–water partition coefficient (Wildman–Crippen LogP) is 5.32. The van der Waals surface area contributed by atoms with Gasteiger partial charge in [-0.15, -0.1) is 0 Å². The van der Waals surface area contributed by atoms with Crippen LogP contribution in [-0.2, 0) is 32.6 Å². The van der Waals surface area contributed by atoms with Gasteiger partial charge in [0, 0.05) is 24.0 Å². The zero-order chi connectivity index (χ0) is 30.2. The summed E-state index contributed by atoms with van der Waals surface area (Å²) in [6, 6.07) is 19.8. The third kappa shape index (κ3) is 9.11. The second kappa shape index (κ2) is 14.6. The second-order valence-corrected chi connectivity index (χ2v) is 12.5. The number of hydrogen-bond donors (Lipinski definition) is 1. The summed E-state index contributed by atoms with van der Waals surface area (Å²) in [5.41, 5.74) is 1.62. The van der Waals surface area contributed by atoms with Crippen LogP contribution >= 0.6 is 23.2 Å². The van der Waals surface area contributed by atoms with Crippen molar-refractivity contribution in [1.29, 1.82) is 0 Å². The Morgan fingerprint density at radius 3 is 2.29 bits per heavy atom. The van der Waals surface area contributed by atoms with Gasteiger partial charge in [0.2, 0.25) is 21.8 Å². The fourth-order valence-electron chi connectivity index (χ4n) is 4.23. The van der Waals surface area contributed by atoms with Crippen LogP contribution in [0.3, 0.4) is 0 Å². The molecule has 220 valence electrons. The lowest BCUT2D eigenvalue weighted by atomic mass is 10.0. The van der Waals surface area contributed by atoms with E-state index in [1.807, 2.05) is 50.2 Å². The molecule has 0 aliphatic heterocycles. The Morgan fingerprint density at radius 1 is 0.976 bits per heavy atom. The maximum Gasteiger partial charge on any atom is 0.244 e. The van der Waals surface area contributed by atoms with Gasteiger partial charge in [0.15, 0.2) is 0 Å². The molecule has 0 spiro atoms. The first-order valence-electron chi connectivity index (χ1n) is 13.1. The van der Waals surface area contributed by atoms with Crippen LogP contribution in [0, 0.1) is 0 Å². The minimum atomic E-state index is -3.97. The van der Waals surface area contributed by atoms with Gasteiger partial charge in [-0.1, -0.05) is 72.6 Å². The van der Waals surface area contributed by atoms with Gasteiger partial charge >= 0.3 is 0 Å². The van der Waals surface area contributed by atoms with E-state index in [1.54, 1.807) is 25.3 Å². The highest BCUT2D eigenvalue weighted by Crippen LogP contribution is 2.31. The minimum Gasteiger partial charge on any atom is -0.497 e. The molecule has 1 N–H and O–H groups in total. The van der Waals surface area contributed by atoms with Gasteiger partial charge in [-0.05, 0) is 54.8 Å². The van der Waals surface area contributed by atoms with Crippen molar-refractivity contribution >= 4 is 50.7 Å². The molecule has 3 aromatic rings. The van der Waals surface area contributed by atoms with Crippen molar-refractivity contribution in [2.24, 2.45) is 0 Å². The molecule has 0 saturated carbocycles. The van der Waals surface area contributed by atoms with E-state index in [9.17, 15) is 18.0 Å². The minimum absolute atomic E-state index is 0.0301. The molecule has 2 atom stereocenters. The second-order valence-electron chi connectivity index (χ2n) is 9.76. The quantitative estimate of drug-likeness (QED) is 0.279. The average molecular weight is 621 g/mol. The van der Waals surface area contributed by atoms with E-state index in [0.29, 0.717) is 17.7 Å². The van der Waals surface area contributed by atoms with Crippen LogP contribution < -0.4 is 14.4 Å². The lowest BCUT2D eigenvalue weighted by Gasteiger charge is -2.34. The molecule has 0 unspecified atom stereocenters. The maximum absolute atomic E-state index is 14.2. The summed E-state index contributed by atoms with van der Waals surface area (Å²) in [4.78, 5) is 29.3. The Labute approximate surface area is 252 Å². The third-order valence-corrected chi connectivity index (χ3v) is 8.30. The fourth-order valence-corrected chi connectivity index (χ4v) is 5.52. The number of methoxy groups -OCH3 is 1. The van der Waals surface area contributed by atoms with Crippen molar-refractivity contribution in [2.45, 2.75) is 45.3 Å². The number of sulfonamides is 1. The number of ether oxygens (including phenoxy) is 1. The Kier molecular flexibility index (Phi) is 11.5. The number of anilines is 1.